The van der Waals surface area contributed by atoms with Gasteiger partial charge in [-0.2, -0.15) is 37.9 Å². The van der Waals surface area contributed by atoms with E-state index < -0.39 is 0 Å². The fourth-order valence-electron chi connectivity index (χ4n) is 2.37. The van der Waals surface area contributed by atoms with E-state index in [1.54, 1.807) is 0 Å². The van der Waals surface area contributed by atoms with Crippen LogP contribution in [0.1, 0.15) is 32.1 Å². The number of nitrogens with two attached hydrogens (primary N) is 1. The fourth-order valence-corrected chi connectivity index (χ4v) is 3.28. The van der Waals surface area contributed by atoms with Crippen molar-refractivity contribution in [2.45, 2.75) is 37.6 Å². The molecule has 2 atom stereocenters. The van der Waals surface area contributed by atoms with Gasteiger partial charge in [-0.25, -0.2) is 0 Å². The van der Waals surface area contributed by atoms with E-state index in [0.717, 1.165) is 42.9 Å². The maximum absolute atomic E-state index is 6.30. The molecule has 0 aliphatic heterocycles. The molecule has 104 valence electrons. The Morgan fingerprint density at radius 2 is 1.94 bits per heavy atom. The first-order valence-electron chi connectivity index (χ1n) is 6.66. The molecule has 0 saturated carbocycles. The smallest absolute Gasteiger partial charge is 0.0385 e. The molecule has 0 bridgehead atoms. The van der Waals surface area contributed by atoms with E-state index in [9.17, 15) is 0 Å². The van der Waals surface area contributed by atoms with Crippen LogP contribution in [0.3, 0.4) is 0 Å². The third kappa shape index (κ3) is 5.24. The van der Waals surface area contributed by atoms with Crippen LogP contribution in [0.5, 0.6) is 0 Å². The predicted molar refractivity (Wildman–Crippen MR) is 92.3 cm³/mol. The minimum atomic E-state index is -0.180. The maximum Gasteiger partial charge on any atom is 0.0385 e. The molecule has 0 aromatic rings. The molecule has 0 spiro atoms. The molecule has 1 nitrogen and oxygen atoms in total. The van der Waals surface area contributed by atoms with Gasteiger partial charge >= 0.3 is 0 Å². The lowest BCUT2D eigenvalue weighted by molar-refractivity contribution is 0.495. The summed E-state index contributed by atoms with van der Waals surface area (Å²) in [7, 11) is 0. The number of hydrogen-bond donors (Lipinski definition) is 4. The molecule has 0 heterocycles. The van der Waals surface area contributed by atoms with Gasteiger partial charge in [-0.3, -0.25) is 0 Å². The zero-order valence-corrected chi connectivity index (χ0v) is 13.6. The normalized spacial score (nSPS) is 25.0. The molecule has 2 N–H and O–H groups in total. The Morgan fingerprint density at radius 3 is 2.44 bits per heavy atom. The van der Waals surface area contributed by atoms with Crippen LogP contribution in [0.2, 0.25) is 0 Å². The molecule has 0 aromatic carbocycles. The van der Waals surface area contributed by atoms with Crippen molar-refractivity contribution in [1.29, 1.82) is 0 Å². The van der Waals surface area contributed by atoms with Gasteiger partial charge in [0.1, 0.15) is 0 Å². The second-order valence-corrected chi connectivity index (χ2v) is 6.37. The molecule has 0 aromatic heterocycles. The highest BCUT2D eigenvalue weighted by Crippen LogP contribution is 2.30. The molecule has 1 aliphatic rings. The van der Waals surface area contributed by atoms with Crippen LogP contribution in [0.25, 0.3) is 0 Å². The van der Waals surface area contributed by atoms with Gasteiger partial charge in [0.25, 0.3) is 0 Å². The second kappa shape index (κ2) is 8.62. The molecule has 0 saturated heterocycles. The summed E-state index contributed by atoms with van der Waals surface area (Å²) < 4.78 is 0. The van der Waals surface area contributed by atoms with Gasteiger partial charge in [-0.1, -0.05) is 18.2 Å². The first-order chi connectivity index (χ1) is 8.65. The first kappa shape index (κ1) is 16.5. The lowest BCUT2D eigenvalue weighted by Crippen LogP contribution is -2.39. The van der Waals surface area contributed by atoms with E-state index >= 15 is 0 Å². The van der Waals surface area contributed by atoms with Gasteiger partial charge in [0.15, 0.2) is 0 Å². The van der Waals surface area contributed by atoms with Crippen molar-refractivity contribution in [3.8, 4) is 0 Å². The lowest BCUT2D eigenvalue weighted by Gasteiger charge is -2.29. The van der Waals surface area contributed by atoms with E-state index in [1.807, 2.05) is 0 Å². The summed E-state index contributed by atoms with van der Waals surface area (Å²) in [5.41, 5.74) is 7.55. The van der Waals surface area contributed by atoms with Gasteiger partial charge in [0, 0.05) is 5.54 Å². The molecule has 4 heteroatoms. The molecular formula is C14H25NS3. The summed E-state index contributed by atoms with van der Waals surface area (Å²) in [6, 6.07) is 0. The molecule has 0 fully saturated rings. The van der Waals surface area contributed by atoms with Crippen LogP contribution in [-0.4, -0.2) is 22.8 Å². The van der Waals surface area contributed by atoms with Crippen LogP contribution < -0.4 is 5.73 Å². The largest absolute Gasteiger partial charge is 0.322 e. The van der Waals surface area contributed by atoms with Gasteiger partial charge in [-0.15, -0.1) is 0 Å². The van der Waals surface area contributed by atoms with Crippen LogP contribution in [-0.2, 0) is 0 Å². The average molecular weight is 304 g/mol. The molecule has 1 rings (SSSR count). The quantitative estimate of drug-likeness (QED) is 0.507. The van der Waals surface area contributed by atoms with Crippen molar-refractivity contribution >= 4 is 37.9 Å². The SMILES string of the molecule is NC1(CCS)C=CC(C(CCS)CCCS)=CC1. The molecule has 0 amide bonds. The summed E-state index contributed by atoms with van der Waals surface area (Å²) in [5, 5.41) is 0. The van der Waals surface area contributed by atoms with Crippen molar-refractivity contribution in [3.63, 3.8) is 0 Å². The summed E-state index contributed by atoms with van der Waals surface area (Å²) in [6.45, 7) is 0. The third-order valence-corrected chi connectivity index (χ3v) is 4.36. The van der Waals surface area contributed by atoms with Crippen molar-refractivity contribution in [1.82, 2.24) is 0 Å². The highest BCUT2D eigenvalue weighted by molar-refractivity contribution is 7.80. The zero-order valence-electron chi connectivity index (χ0n) is 10.9. The zero-order chi connectivity index (χ0) is 13.4. The van der Waals surface area contributed by atoms with Crippen molar-refractivity contribution < 1.29 is 0 Å². The summed E-state index contributed by atoms with van der Waals surface area (Å²) >= 11 is 12.9. The van der Waals surface area contributed by atoms with Crippen LogP contribution in [0.15, 0.2) is 23.8 Å². The minimum absolute atomic E-state index is 0.180. The Labute approximate surface area is 128 Å². The van der Waals surface area contributed by atoms with E-state index in [4.69, 9.17) is 5.73 Å². The Kier molecular flexibility index (Phi) is 7.92. The van der Waals surface area contributed by atoms with Gasteiger partial charge < -0.3 is 5.73 Å². The number of allylic oxidation sites excluding steroid dienone is 2. The van der Waals surface area contributed by atoms with E-state index in [-0.39, 0.29) is 5.54 Å². The van der Waals surface area contributed by atoms with Crippen LogP contribution in [0, 0.1) is 5.92 Å². The van der Waals surface area contributed by atoms with Crippen LogP contribution in [0.4, 0.5) is 0 Å². The summed E-state index contributed by atoms with van der Waals surface area (Å²) in [4.78, 5) is 0. The van der Waals surface area contributed by atoms with Crippen molar-refractivity contribution in [2.24, 2.45) is 11.7 Å². The minimum Gasteiger partial charge on any atom is -0.322 e. The Bertz CT molecular complexity index is 301. The van der Waals surface area contributed by atoms with E-state index in [1.165, 1.54) is 12.0 Å². The maximum atomic E-state index is 6.30. The number of rotatable bonds is 8. The van der Waals surface area contributed by atoms with Gasteiger partial charge in [-0.05, 0) is 60.9 Å². The average Bonchev–Trinajstić information content (AvgIpc) is 2.36. The first-order valence-corrected chi connectivity index (χ1v) is 8.55. The highest BCUT2D eigenvalue weighted by atomic mass is 32.1. The van der Waals surface area contributed by atoms with Crippen molar-refractivity contribution in [3.05, 3.63) is 23.8 Å². The van der Waals surface area contributed by atoms with E-state index in [2.05, 4.69) is 56.1 Å². The molecule has 1 aliphatic carbocycles. The number of hydrogen-bond acceptors (Lipinski definition) is 4. The summed E-state index contributed by atoms with van der Waals surface area (Å²) in [5.74, 6) is 3.35. The van der Waals surface area contributed by atoms with Gasteiger partial charge in [0.05, 0.1) is 0 Å². The Morgan fingerprint density at radius 1 is 1.17 bits per heavy atom. The standard InChI is InChI=1S/C14H25NS3/c15-14(8-11-18)6-3-13(4-7-14)12(5-10-17)2-1-9-16/h3-4,6,12,16-18H,1-2,5,7-11,15H2. The molecule has 2 unspecified atom stereocenters. The lowest BCUT2D eigenvalue weighted by atomic mass is 9.82. The Hall–Kier alpha value is 0.490. The predicted octanol–water partition coefficient (Wildman–Crippen LogP) is 3.54. The van der Waals surface area contributed by atoms with Gasteiger partial charge in [0.2, 0.25) is 0 Å². The summed E-state index contributed by atoms with van der Waals surface area (Å²) in [6.07, 6.45) is 12.1. The number of thiol groups is 3. The fraction of sp³-hybridized carbons (Fsp3) is 0.714. The molecular weight excluding hydrogens is 278 g/mol. The molecule has 0 radical (unpaired) electrons. The molecule has 18 heavy (non-hydrogen) atoms. The monoisotopic (exact) mass is 303 g/mol. The Balaban J connectivity index is 2.61. The highest BCUT2D eigenvalue weighted by Gasteiger charge is 2.24. The van der Waals surface area contributed by atoms with Crippen molar-refractivity contribution in [2.75, 3.05) is 17.3 Å². The van der Waals surface area contributed by atoms with E-state index in [0.29, 0.717) is 5.92 Å². The third-order valence-electron chi connectivity index (χ3n) is 3.56. The topological polar surface area (TPSA) is 26.0 Å². The second-order valence-electron chi connectivity index (χ2n) is 5.02. The van der Waals surface area contributed by atoms with Crippen LogP contribution >= 0.6 is 37.9 Å².